The van der Waals surface area contributed by atoms with E-state index < -0.39 is 5.91 Å². The number of aromatic nitrogens is 4. The summed E-state index contributed by atoms with van der Waals surface area (Å²) in [6, 6.07) is 6.61. The lowest BCUT2D eigenvalue weighted by Crippen LogP contribution is -2.34. The van der Waals surface area contributed by atoms with Crippen LogP contribution in [0.4, 0.5) is 0 Å². The standard InChI is InChI=1S/C18H18ClIN6O3/c1-10-15(20)11(2)26(24-10)9-14-23-18(29-25-14)17(28)22-7-6-21-16(27)12-4-3-5-13(19)8-12/h3-5,8H,6-7,9H2,1-2H3,(H,21,27)(H,22,28). The lowest BCUT2D eigenvalue weighted by molar-refractivity contribution is 0.0898. The highest BCUT2D eigenvalue weighted by Crippen LogP contribution is 2.16. The number of aryl methyl sites for hydroxylation is 1. The maximum atomic E-state index is 12.1. The molecule has 0 aliphatic rings. The van der Waals surface area contributed by atoms with Crippen molar-refractivity contribution in [1.29, 1.82) is 0 Å². The summed E-state index contributed by atoms with van der Waals surface area (Å²) in [5.41, 5.74) is 2.36. The van der Waals surface area contributed by atoms with Crippen molar-refractivity contribution in [3.63, 3.8) is 0 Å². The first kappa shape index (κ1) is 21.2. The molecule has 2 aromatic heterocycles. The Bertz CT molecular complexity index is 1050. The van der Waals surface area contributed by atoms with Crippen molar-refractivity contribution in [3.8, 4) is 0 Å². The SMILES string of the molecule is Cc1nn(Cc2noc(C(=O)NCCNC(=O)c3cccc(Cl)c3)n2)c(C)c1I. The van der Waals surface area contributed by atoms with Crippen LogP contribution in [0.1, 0.15) is 38.3 Å². The molecular formula is C18H18ClIN6O3. The predicted molar refractivity (Wildman–Crippen MR) is 114 cm³/mol. The number of carbonyl (C=O) groups is 2. The molecule has 9 nitrogen and oxygen atoms in total. The topological polar surface area (TPSA) is 115 Å². The van der Waals surface area contributed by atoms with E-state index in [0.29, 0.717) is 23.0 Å². The molecule has 2 heterocycles. The van der Waals surface area contributed by atoms with Gasteiger partial charge in [0.2, 0.25) is 0 Å². The number of amides is 2. The van der Waals surface area contributed by atoms with Crippen molar-refractivity contribution in [1.82, 2.24) is 30.6 Å². The second-order valence-electron chi connectivity index (χ2n) is 6.18. The van der Waals surface area contributed by atoms with E-state index in [1.165, 1.54) is 0 Å². The molecule has 0 spiro atoms. The molecule has 0 fully saturated rings. The average Bonchev–Trinajstić information content (AvgIpc) is 3.26. The zero-order valence-electron chi connectivity index (χ0n) is 15.7. The summed E-state index contributed by atoms with van der Waals surface area (Å²) in [6.07, 6.45) is 0. The maximum absolute atomic E-state index is 12.1. The molecule has 152 valence electrons. The Labute approximate surface area is 185 Å². The zero-order chi connectivity index (χ0) is 21.0. The Balaban J connectivity index is 1.48. The van der Waals surface area contributed by atoms with E-state index in [9.17, 15) is 9.59 Å². The predicted octanol–water partition coefficient (Wildman–Crippen LogP) is 2.35. The first-order valence-corrected chi connectivity index (χ1v) is 10.1. The van der Waals surface area contributed by atoms with Crippen LogP contribution in [0.5, 0.6) is 0 Å². The molecule has 2 amide bonds. The third-order valence-electron chi connectivity index (χ3n) is 4.03. The Kier molecular flexibility index (Phi) is 6.85. The van der Waals surface area contributed by atoms with E-state index in [4.69, 9.17) is 16.1 Å². The molecule has 0 atom stereocenters. The number of rotatable bonds is 7. The maximum Gasteiger partial charge on any atom is 0.316 e. The van der Waals surface area contributed by atoms with Crippen LogP contribution in [0.2, 0.25) is 5.02 Å². The Morgan fingerprint density at radius 2 is 1.93 bits per heavy atom. The highest BCUT2D eigenvalue weighted by atomic mass is 127. The normalized spacial score (nSPS) is 10.8. The van der Waals surface area contributed by atoms with Gasteiger partial charge in [0.25, 0.3) is 5.91 Å². The lowest BCUT2D eigenvalue weighted by Gasteiger charge is -2.06. The fraction of sp³-hybridized carbons (Fsp3) is 0.278. The molecule has 0 aliphatic carbocycles. The number of nitrogens with zero attached hydrogens (tertiary/aromatic N) is 4. The van der Waals surface area contributed by atoms with Crippen LogP contribution in [0.15, 0.2) is 28.8 Å². The second-order valence-corrected chi connectivity index (χ2v) is 7.70. The minimum absolute atomic E-state index is 0.141. The lowest BCUT2D eigenvalue weighted by atomic mass is 10.2. The number of halogens is 2. The Morgan fingerprint density at radius 3 is 2.59 bits per heavy atom. The molecule has 0 saturated carbocycles. The van der Waals surface area contributed by atoms with E-state index in [2.05, 4.69) is 48.5 Å². The third kappa shape index (κ3) is 5.32. The molecule has 0 unspecified atom stereocenters. The number of carbonyl (C=O) groups excluding carboxylic acids is 2. The molecule has 3 rings (SSSR count). The van der Waals surface area contributed by atoms with Gasteiger partial charge in [-0.1, -0.05) is 22.8 Å². The van der Waals surface area contributed by atoms with Gasteiger partial charge in [-0.3, -0.25) is 14.3 Å². The summed E-state index contributed by atoms with van der Waals surface area (Å²) < 4.78 is 7.85. The average molecular weight is 529 g/mol. The third-order valence-corrected chi connectivity index (χ3v) is 5.83. The molecule has 0 saturated heterocycles. The Hall–Kier alpha value is -2.47. The van der Waals surface area contributed by atoms with E-state index in [1.807, 2.05) is 13.8 Å². The summed E-state index contributed by atoms with van der Waals surface area (Å²) in [6.45, 7) is 4.63. The Morgan fingerprint density at radius 1 is 1.21 bits per heavy atom. The van der Waals surface area contributed by atoms with E-state index in [-0.39, 0.29) is 24.9 Å². The number of hydrogen-bond acceptors (Lipinski definition) is 6. The molecule has 11 heteroatoms. The monoisotopic (exact) mass is 528 g/mol. The minimum atomic E-state index is -0.510. The molecule has 29 heavy (non-hydrogen) atoms. The van der Waals surface area contributed by atoms with Gasteiger partial charge in [0.05, 0.1) is 9.26 Å². The summed E-state index contributed by atoms with van der Waals surface area (Å²) in [7, 11) is 0. The van der Waals surface area contributed by atoms with Gasteiger partial charge in [-0.15, -0.1) is 0 Å². The van der Waals surface area contributed by atoms with Crippen LogP contribution in [-0.2, 0) is 6.54 Å². The second kappa shape index (κ2) is 9.35. The molecule has 0 radical (unpaired) electrons. The van der Waals surface area contributed by atoms with Gasteiger partial charge < -0.3 is 15.2 Å². The summed E-state index contributed by atoms with van der Waals surface area (Å²) in [4.78, 5) is 28.2. The molecule has 1 aromatic carbocycles. The number of hydrogen-bond donors (Lipinski definition) is 2. The van der Waals surface area contributed by atoms with Gasteiger partial charge in [-0.25, -0.2) is 0 Å². The molecular weight excluding hydrogens is 511 g/mol. The largest absolute Gasteiger partial charge is 0.350 e. The number of benzene rings is 1. The molecule has 0 bridgehead atoms. The fourth-order valence-electron chi connectivity index (χ4n) is 2.53. The van der Waals surface area contributed by atoms with E-state index in [1.54, 1.807) is 28.9 Å². The van der Waals surface area contributed by atoms with Crippen LogP contribution in [0.3, 0.4) is 0 Å². The summed E-state index contributed by atoms with van der Waals surface area (Å²) >= 11 is 8.09. The van der Waals surface area contributed by atoms with Crippen LogP contribution in [0, 0.1) is 17.4 Å². The fourth-order valence-corrected chi connectivity index (χ4v) is 3.11. The quantitative estimate of drug-likeness (QED) is 0.359. The summed E-state index contributed by atoms with van der Waals surface area (Å²) in [5.74, 6) is -0.575. The van der Waals surface area contributed by atoms with Crippen LogP contribution >= 0.6 is 34.2 Å². The molecule has 3 aromatic rings. The number of nitrogens with one attached hydrogen (secondary N) is 2. The first-order chi connectivity index (χ1) is 13.8. The van der Waals surface area contributed by atoms with Crippen molar-refractivity contribution in [2.75, 3.05) is 13.1 Å². The van der Waals surface area contributed by atoms with Gasteiger partial charge in [-0.2, -0.15) is 10.1 Å². The van der Waals surface area contributed by atoms with E-state index >= 15 is 0 Å². The van der Waals surface area contributed by atoms with Crippen molar-refractivity contribution in [2.45, 2.75) is 20.4 Å². The van der Waals surface area contributed by atoms with Crippen molar-refractivity contribution in [2.24, 2.45) is 0 Å². The van der Waals surface area contributed by atoms with Gasteiger partial charge in [0.15, 0.2) is 5.82 Å². The van der Waals surface area contributed by atoms with Gasteiger partial charge in [0, 0.05) is 29.4 Å². The molecule has 0 aliphatic heterocycles. The van der Waals surface area contributed by atoms with E-state index in [0.717, 1.165) is 15.0 Å². The first-order valence-electron chi connectivity index (χ1n) is 8.69. The smallest absolute Gasteiger partial charge is 0.316 e. The van der Waals surface area contributed by atoms with Crippen molar-refractivity contribution in [3.05, 3.63) is 61.5 Å². The van der Waals surface area contributed by atoms with Gasteiger partial charge >= 0.3 is 11.8 Å². The highest BCUT2D eigenvalue weighted by Gasteiger charge is 2.17. The highest BCUT2D eigenvalue weighted by molar-refractivity contribution is 14.1. The summed E-state index contributed by atoms with van der Waals surface area (Å²) in [5, 5.41) is 14.0. The molecule has 2 N–H and O–H groups in total. The van der Waals surface area contributed by atoms with Crippen molar-refractivity contribution < 1.29 is 14.1 Å². The van der Waals surface area contributed by atoms with Crippen molar-refractivity contribution >= 4 is 46.0 Å². The minimum Gasteiger partial charge on any atom is -0.350 e. The van der Waals surface area contributed by atoms with Gasteiger partial charge in [0.1, 0.15) is 6.54 Å². The van der Waals surface area contributed by atoms with Crippen LogP contribution < -0.4 is 10.6 Å². The van der Waals surface area contributed by atoms with Gasteiger partial charge in [-0.05, 0) is 54.6 Å². The zero-order valence-corrected chi connectivity index (χ0v) is 18.6. The van der Waals surface area contributed by atoms with Crippen LogP contribution in [-0.4, -0.2) is 44.8 Å². The van der Waals surface area contributed by atoms with Crippen LogP contribution in [0.25, 0.3) is 0 Å².